The maximum Gasteiger partial charge on any atom is 0.346 e. The molecule has 150 valence electrons. The van der Waals surface area contributed by atoms with Gasteiger partial charge in [-0.3, -0.25) is 4.79 Å². The van der Waals surface area contributed by atoms with E-state index in [0.717, 1.165) is 42.5 Å². The zero-order valence-electron chi connectivity index (χ0n) is 16.2. The second kappa shape index (κ2) is 9.64. The lowest BCUT2D eigenvalue weighted by molar-refractivity contribution is -0.118. The number of hydrogen-bond donors (Lipinski definition) is 2. The van der Waals surface area contributed by atoms with Gasteiger partial charge >= 0.3 is 5.69 Å². The van der Waals surface area contributed by atoms with E-state index in [4.69, 9.17) is 9.47 Å². The fourth-order valence-corrected chi connectivity index (χ4v) is 4.20. The van der Waals surface area contributed by atoms with Crippen molar-refractivity contribution in [1.29, 1.82) is 0 Å². The average Bonchev–Trinajstić information content (AvgIpc) is 2.71. The molecule has 1 aromatic heterocycles. The number of ether oxygens (including phenoxy) is 2. The third-order valence-corrected chi connectivity index (χ3v) is 5.73. The minimum Gasteiger partial charge on any atom is -0.493 e. The molecule has 0 spiro atoms. The molecule has 1 aliphatic carbocycles. The highest BCUT2D eigenvalue weighted by Crippen LogP contribution is 2.28. The molecule has 1 heterocycles. The Balaban J connectivity index is 1.50. The fraction of sp³-hybridized carbons (Fsp3) is 0.450. The molecule has 0 bridgehead atoms. The summed E-state index contributed by atoms with van der Waals surface area (Å²) in [5, 5.41) is 3.61. The molecule has 0 saturated heterocycles. The average molecular weight is 404 g/mol. The summed E-state index contributed by atoms with van der Waals surface area (Å²) in [7, 11) is 3.20. The molecule has 0 radical (unpaired) electrons. The van der Waals surface area contributed by atoms with Gasteiger partial charge in [-0.2, -0.15) is 4.98 Å². The van der Waals surface area contributed by atoms with E-state index in [9.17, 15) is 9.59 Å². The summed E-state index contributed by atoms with van der Waals surface area (Å²) in [5.41, 5.74) is 2.78. The predicted octanol–water partition coefficient (Wildman–Crippen LogP) is 2.12. The van der Waals surface area contributed by atoms with Crippen LogP contribution in [0.5, 0.6) is 11.5 Å². The molecular formula is C20H25N3O4S. The van der Waals surface area contributed by atoms with Crippen LogP contribution in [0.4, 0.5) is 0 Å². The van der Waals surface area contributed by atoms with Gasteiger partial charge in [0.05, 0.1) is 20.0 Å². The van der Waals surface area contributed by atoms with E-state index in [1.54, 1.807) is 14.2 Å². The van der Waals surface area contributed by atoms with Gasteiger partial charge in [0.25, 0.3) is 0 Å². The Morgan fingerprint density at radius 1 is 1.21 bits per heavy atom. The number of fused-ring (bicyclic) bond motifs is 1. The molecule has 2 N–H and O–H groups in total. The number of nitrogens with zero attached hydrogens (tertiary/aromatic N) is 1. The summed E-state index contributed by atoms with van der Waals surface area (Å²) in [6, 6.07) is 5.72. The summed E-state index contributed by atoms with van der Waals surface area (Å²) < 4.78 is 10.5. The summed E-state index contributed by atoms with van der Waals surface area (Å²) in [5.74, 6) is 1.53. The maximum atomic E-state index is 12.2. The Hall–Kier alpha value is -2.48. The number of carbonyl (C=O) groups is 1. The number of aryl methyl sites for hydroxylation is 1. The fourth-order valence-electron chi connectivity index (χ4n) is 3.28. The van der Waals surface area contributed by atoms with E-state index in [0.29, 0.717) is 29.5 Å². The monoisotopic (exact) mass is 403 g/mol. The molecule has 2 aromatic rings. The number of thioether (sulfide) groups is 1. The highest BCUT2D eigenvalue weighted by atomic mass is 32.2. The van der Waals surface area contributed by atoms with E-state index in [2.05, 4.69) is 15.3 Å². The second-order valence-electron chi connectivity index (χ2n) is 6.59. The first-order valence-electron chi connectivity index (χ1n) is 9.33. The van der Waals surface area contributed by atoms with Crippen LogP contribution in [0.1, 0.15) is 29.7 Å². The third-order valence-electron chi connectivity index (χ3n) is 4.71. The topological polar surface area (TPSA) is 93.3 Å². The lowest BCUT2D eigenvalue weighted by atomic mass is 9.98. The molecule has 1 aliphatic rings. The van der Waals surface area contributed by atoms with Crippen LogP contribution < -0.4 is 20.5 Å². The van der Waals surface area contributed by atoms with E-state index in [1.165, 1.54) is 11.8 Å². The highest BCUT2D eigenvalue weighted by Gasteiger charge is 2.17. The predicted molar refractivity (Wildman–Crippen MR) is 108 cm³/mol. The number of nitrogens with one attached hydrogen (secondary N) is 2. The van der Waals surface area contributed by atoms with Crippen molar-refractivity contribution in [2.75, 3.05) is 26.5 Å². The molecule has 0 unspecified atom stereocenters. The number of aromatic nitrogens is 2. The molecule has 7 nitrogen and oxygen atoms in total. The lowest BCUT2D eigenvalue weighted by Gasteiger charge is -2.17. The standard InChI is InChI=1S/C20H25N3O4S/c1-26-16-8-7-13(11-17(16)27-2)9-10-21-18(24)12-28-19-14-5-3-4-6-15(14)22-20(25)23-19/h7-8,11H,3-6,9-10,12H2,1-2H3,(H,21,24)(H,22,23,25). The first-order chi connectivity index (χ1) is 13.6. The van der Waals surface area contributed by atoms with Crippen molar-refractivity contribution in [2.45, 2.75) is 37.1 Å². The number of H-pyrrole nitrogens is 1. The van der Waals surface area contributed by atoms with Gasteiger partial charge in [-0.1, -0.05) is 17.8 Å². The van der Waals surface area contributed by atoms with Crippen LogP contribution in [0.3, 0.4) is 0 Å². The number of carbonyl (C=O) groups excluding carboxylic acids is 1. The zero-order valence-corrected chi connectivity index (χ0v) is 17.0. The van der Waals surface area contributed by atoms with E-state index in [1.807, 2.05) is 18.2 Å². The van der Waals surface area contributed by atoms with Crippen LogP contribution in [0.25, 0.3) is 0 Å². The van der Waals surface area contributed by atoms with Crippen LogP contribution in [-0.4, -0.2) is 42.4 Å². The SMILES string of the molecule is COc1ccc(CCNC(=O)CSc2nc(=O)[nH]c3c2CCCC3)cc1OC. The minimum absolute atomic E-state index is 0.0721. The lowest BCUT2D eigenvalue weighted by Crippen LogP contribution is -2.27. The van der Waals surface area contributed by atoms with Gasteiger partial charge in [-0.05, 0) is 49.8 Å². The molecule has 1 amide bonds. The number of hydrogen-bond acceptors (Lipinski definition) is 6. The van der Waals surface area contributed by atoms with Gasteiger partial charge in [0.2, 0.25) is 5.91 Å². The van der Waals surface area contributed by atoms with E-state index in [-0.39, 0.29) is 17.3 Å². The summed E-state index contributed by atoms with van der Waals surface area (Å²) >= 11 is 1.33. The number of amides is 1. The Morgan fingerprint density at radius 2 is 2.00 bits per heavy atom. The van der Waals surface area contributed by atoms with Gasteiger partial charge < -0.3 is 19.8 Å². The van der Waals surface area contributed by atoms with Gasteiger partial charge in [-0.15, -0.1) is 0 Å². The van der Waals surface area contributed by atoms with Crippen molar-refractivity contribution >= 4 is 17.7 Å². The zero-order chi connectivity index (χ0) is 19.9. The van der Waals surface area contributed by atoms with Crippen molar-refractivity contribution in [3.8, 4) is 11.5 Å². The Kier molecular flexibility index (Phi) is 6.97. The highest BCUT2D eigenvalue weighted by molar-refractivity contribution is 7.99. The van der Waals surface area contributed by atoms with Crippen molar-refractivity contribution in [2.24, 2.45) is 0 Å². The molecule has 0 aliphatic heterocycles. The Labute approximate surface area is 168 Å². The molecular weight excluding hydrogens is 378 g/mol. The third kappa shape index (κ3) is 5.07. The van der Waals surface area contributed by atoms with Crippen LogP contribution in [-0.2, 0) is 24.1 Å². The van der Waals surface area contributed by atoms with E-state index >= 15 is 0 Å². The van der Waals surface area contributed by atoms with Crippen molar-refractivity contribution in [3.63, 3.8) is 0 Å². The van der Waals surface area contributed by atoms with Crippen molar-refractivity contribution < 1.29 is 14.3 Å². The van der Waals surface area contributed by atoms with Gasteiger partial charge in [0.1, 0.15) is 5.03 Å². The molecule has 0 saturated carbocycles. The molecule has 0 atom stereocenters. The Bertz CT molecular complexity index is 898. The number of benzene rings is 1. The van der Waals surface area contributed by atoms with Crippen molar-refractivity contribution in [1.82, 2.24) is 15.3 Å². The number of aromatic amines is 1. The Morgan fingerprint density at radius 3 is 2.79 bits per heavy atom. The van der Waals surface area contributed by atoms with Crippen LogP contribution in [0, 0.1) is 0 Å². The maximum absolute atomic E-state index is 12.2. The summed E-state index contributed by atoms with van der Waals surface area (Å²) in [4.78, 5) is 30.8. The second-order valence-corrected chi connectivity index (χ2v) is 7.55. The largest absolute Gasteiger partial charge is 0.493 e. The molecule has 3 rings (SSSR count). The summed E-state index contributed by atoms with van der Waals surface area (Å²) in [6.07, 6.45) is 4.63. The van der Waals surface area contributed by atoms with Gasteiger partial charge in [0, 0.05) is 17.8 Å². The van der Waals surface area contributed by atoms with Gasteiger partial charge in [0.15, 0.2) is 11.5 Å². The first kappa shape index (κ1) is 20.3. The smallest absolute Gasteiger partial charge is 0.346 e. The quantitative estimate of drug-likeness (QED) is 0.518. The number of methoxy groups -OCH3 is 2. The van der Waals surface area contributed by atoms with Crippen LogP contribution >= 0.6 is 11.8 Å². The van der Waals surface area contributed by atoms with Crippen LogP contribution in [0.2, 0.25) is 0 Å². The molecule has 8 heteroatoms. The van der Waals surface area contributed by atoms with Crippen molar-refractivity contribution in [3.05, 3.63) is 45.5 Å². The first-order valence-corrected chi connectivity index (χ1v) is 10.3. The van der Waals surface area contributed by atoms with E-state index < -0.39 is 0 Å². The summed E-state index contributed by atoms with van der Waals surface area (Å²) in [6.45, 7) is 0.524. The molecule has 28 heavy (non-hydrogen) atoms. The van der Waals surface area contributed by atoms with Crippen LogP contribution in [0.15, 0.2) is 28.0 Å². The number of rotatable bonds is 8. The van der Waals surface area contributed by atoms with Gasteiger partial charge in [-0.25, -0.2) is 4.79 Å². The molecule has 0 fully saturated rings. The minimum atomic E-state index is -0.336. The normalized spacial score (nSPS) is 12.9. The molecule has 1 aromatic carbocycles.